The third-order valence-corrected chi connectivity index (χ3v) is 2.78. The molecule has 2 nitrogen and oxygen atoms in total. The van der Waals surface area contributed by atoms with Gasteiger partial charge in [-0.15, -0.1) is 0 Å². The maximum Gasteiger partial charge on any atom is 0.175 e. The van der Waals surface area contributed by atoms with E-state index in [2.05, 4.69) is 25.9 Å². The van der Waals surface area contributed by atoms with E-state index < -0.39 is 0 Å². The molecular weight excluding hydrogens is 260 g/mol. The van der Waals surface area contributed by atoms with Crippen molar-refractivity contribution in [2.24, 2.45) is 0 Å². The fraction of sp³-hybridized carbons (Fsp3) is 0.100. The molecule has 14 heavy (non-hydrogen) atoms. The molecule has 0 atom stereocenters. The Morgan fingerprint density at radius 2 is 1.79 bits per heavy atom. The van der Waals surface area contributed by atoms with Crippen molar-refractivity contribution in [1.29, 1.82) is 0 Å². The van der Waals surface area contributed by atoms with E-state index in [-0.39, 0.29) is 0 Å². The second-order valence-electron chi connectivity index (χ2n) is 3.09. The molecule has 0 fully saturated rings. The van der Waals surface area contributed by atoms with Crippen molar-refractivity contribution in [3.8, 4) is 11.3 Å². The van der Waals surface area contributed by atoms with Gasteiger partial charge in [0.1, 0.15) is 0 Å². The van der Waals surface area contributed by atoms with E-state index in [0.29, 0.717) is 4.77 Å². The van der Waals surface area contributed by atoms with Crippen molar-refractivity contribution in [2.75, 3.05) is 0 Å². The molecule has 0 aliphatic carbocycles. The van der Waals surface area contributed by atoms with Gasteiger partial charge in [-0.3, -0.25) is 0 Å². The average molecular weight is 269 g/mol. The SMILES string of the molecule is Cc1[nH]c(=S)[nH]c1-c1ccc(Br)cc1. The second-order valence-corrected chi connectivity index (χ2v) is 4.41. The number of aromatic nitrogens is 2. The van der Waals surface area contributed by atoms with Gasteiger partial charge in [-0.2, -0.15) is 0 Å². The van der Waals surface area contributed by atoms with E-state index in [9.17, 15) is 0 Å². The number of benzene rings is 1. The Kier molecular flexibility index (Phi) is 2.56. The number of aryl methyl sites for hydroxylation is 1. The van der Waals surface area contributed by atoms with Gasteiger partial charge in [0.25, 0.3) is 0 Å². The summed E-state index contributed by atoms with van der Waals surface area (Å²) >= 11 is 8.43. The highest BCUT2D eigenvalue weighted by molar-refractivity contribution is 9.10. The molecule has 4 heteroatoms. The molecule has 0 amide bonds. The molecule has 0 aliphatic rings. The summed E-state index contributed by atoms with van der Waals surface area (Å²) < 4.78 is 1.74. The monoisotopic (exact) mass is 268 g/mol. The minimum atomic E-state index is 0.667. The first-order valence-corrected chi connectivity index (χ1v) is 5.42. The van der Waals surface area contributed by atoms with Gasteiger partial charge in [0, 0.05) is 10.2 Å². The highest BCUT2D eigenvalue weighted by Crippen LogP contribution is 2.22. The molecule has 2 N–H and O–H groups in total. The molecule has 2 aromatic rings. The summed E-state index contributed by atoms with van der Waals surface area (Å²) in [5.41, 5.74) is 3.26. The zero-order valence-electron chi connectivity index (χ0n) is 7.60. The number of nitrogens with one attached hydrogen (secondary N) is 2. The first-order valence-electron chi connectivity index (χ1n) is 4.21. The van der Waals surface area contributed by atoms with E-state index in [4.69, 9.17) is 12.2 Å². The third-order valence-electron chi connectivity index (χ3n) is 2.05. The van der Waals surface area contributed by atoms with Gasteiger partial charge in [-0.05, 0) is 36.8 Å². The summed E-state index contributed by atoms with van der Waals surface area (Å²) in [5, 5.41) is 0. The van der Waals surface area contributed by atoms with Crippen molar-refractivity contribution >= 4 is 28.1 Å². The number of imidazole rings is 1. The fourth-order valence-electron chi connectivity index (χ4n) is 1.38. The Labute approximate surface area is 95.5 Å². The van der Waals surface area contributed by atoms with Crippen LogP contribution in [0.25, 0.3) is 11.3 Å². The first kappa shape index (κ1) is 9.68. The van der Waals surface area contributed by atoms with E-state index in [1.807, 2.05) is 31.2 Å². The molecule has 0 saturated carbocycles. The summed E-state index contributed by atoms with van der Waals surface area (Å²) in [5.74, 6) is 0. The van der Waals surface area contributed by atoms with Crippen LogP contribution in [0.4, 0.5) is 0 Å². The van der Waals surface area contributed by atoms with E-state index in [1.165, 1.54) is 0 Å². The Morgan fingerprint density at radius 3 is 2.29 bits per heavy atom. The number of H-pyrrole nitrogens is 2. The molecule has 0 bridgehead atoms. The molecule has 1 aromatic carbocycles. The van der Waals surface area contributed by atoms with Gasteiger partial charge in [0.05, 0.1) is 5.69 Å². The van der Waals surface area contributed by atoms with Crippen LogP contribution in [0.2, 0.25) is 0 Å². The van der Waals surface area contributed by atoms with Gasteiger partial charge in [0.2, 0.25) is 0 Å². The van der Waals surface area contributed by atoms with Crippen LogP contribution in [-0.2, 0) is 0 Å². The van der Waals surface area contributed by atoms with Gasteiger partial charge in [-0.25, -0.2) is 0 Å². The van der Waals surface area contributed by atoms with Crippen molar-refractivity contribution in [2.45, 2.75) is 6.92 Å². The molecule has 1 heterocycles. The minimum absolute atomic E-state index is 0.667. The van der Waals surface area contributed by atoms with Crippen molar-refractivity contribution < 1.29 is 0 Å². The molecule has 72 valence electrons. The normalized spacial score (nSPS) is 10.4. The van der Waals surface area contributed by atoms with Crippen LogP contribution in [0.3, 0.4) is 0 Å². The highest BCUT2D eigenvalue weighted by Gasteiger charge is 2.03. The number of hydrogen-bond acceptors (Lipinski definition) is 1. The smallest absolute Gasteiger partial charge is 0.175 e. The molecular formula is C10H9BrN2S. The molecule has 0 saturated heterocycles. The highest BCUT2D eigenvalue weighted by atomic mass is 79.9. The van der Waals surface area contributed by atoms with E-state index >= 15 is 0 Å². The fourth-order valence-corrected chi connectivity index (χ4v) is 1.90. The van der Waals surface area contributed by atoms with Crippen LogP contribution in [0, 0.1) is 11.7 Å². The quantitative estimate of drug-likeness (QED) is 0.758. The minimum Gasteiger partial charge on any atom is -0.334 e. The lowest BCUT2D eigenvalue weighted by atomic mass is 10.1. The topological polar surface area (TPSA) is 31.6 Å². The lowest BCUT2D eigenvalue weighted by Crippen LogP contribution is -1.80. The Hall–Kier alpha value is -0.870. The molecule has 1 aromatic heterocycles. The predicted octanol–water partition coefficient (Wildman–Crippen LogP) is 3.81. The van der Waals surface area contributed by atoms with Gasteiger partial charge in [0.15, 0.2) is 4.77 Å². The zero-order chi connectivity index (χ0) is 10.1. The van der Waals surface area contributed by atoms with Gasteiger partial charge in [-0.1, -0.05) is 28.1 Å². The summed E-state index contributed by atoms with van der Waals surface area (Å²) in [6, 6.07) is 8.12. The van der Waals surface area contributed by atoms with E-state index in [0.717, 1.165) is 21.4 Å². The summed E-state index contributed by atoms with van der Waals surface area (Å²) in [7, 11) is 0. The molecule has 0 unspecified atom stereocenters. The Bertz CT molecular complexity index is 496. The number of hydrogen-bond donors (Lipinski definition) is 2. The van der Waals surface area contributed by atoms with Crippen LogP contribution in [0.15, 0.2) is 28.7 Å². The lowest BCUT2D eigenvalue weighted by Gasteiger charge is -1.99. The number of rotatable bonds is 1. The molecule has 2 rings (SSSR count). The third kappa shape index (κ3) is 1.81. The summed E-state index contributed by atoms with van der Waals surface area (Å²) in [4.78, 5) is 6.19. The number of halogens is 1. The lowest BCUT2D eigenvalue weighted by molar-refractivity contribution is 1.22. The Balaban J connectivity index is 2.54. The Morgan fingerprint density at radius 1 is 1.14 bits per heavy atom. The van der Waals surface area contributed by atoms with Crippen LogP contribution < -0.4 is 0 Å². The van der Waals surface area contributed by atoms with Crippen molar-refractivity contribution in [1.82, 2.24) is 9.97 Å². The first-order chi connectivity index (χ1) is 6.66. The zero-order valence-corrected chi connectivity index (χ0v) is 10.00. The summed E-state index contributed by atoms with van der Waals surface area (Å²) in [6.07, 6.45) is 0. The largest absolute Gasteiger partial charge is 0.334 e. The number of aromatic amines is 2. The van der Waals surface area contributed by atoms with Crippen molar-refractivity contribution in [3.05, 3.63) is 39.2 Å². The maximum absolute atomic E-state index is 5.03. The van der Waals surface area contributed by atoms with Crippen molar-refractivity contribution in [3.63, 3.8) is 0 Å². The van der Waals surface area contributed by atoms with Gasteiger partial charge >= 0.3 is 0 Å². The predicted molar refractivity (Wildman–Crippen MR) is 63.9 cm³/mol. The summed E-state index contributed by atoms with van der Waals surface area (Å²) in [6.45, 7) is 2.00. The van der Waals surface area contributed by atoms with Crippen LogP contribution >= 0.6 is 28.1 Å². The maximum atomic E-state index is 5.03. The second kappa shape index (κ2) is 3.71. The van der Waals surface area contributed by atoms with E-state index in [1.54, 1.807) is 0 Å². The standard InChI is InChI=1S/C10H9BrN2S/c1-6-9(13-10(14)12-6)7-2-4-8(11)5-3-7/h2-5H,1H3,(H2,12,13,14). The van der Waals surface area contributed by atoms with Crippen LogP contribution in [0.1, 0.15) is 5.69 Å². The average Bonchev–Trinajstić information content (AvgIpc) is 2.47. The van der Waals surface area contributed by atoms with Crippen LogP contribution in [-0.4, -0.2) is 9.97 Å². The van der Waals surface area contributed by atoms with Crippen LogP contribution in [0.5, 0.6) is 0 Å². The molecule has 0 spiro atoms. The molecule has 0 aliphatic heterocycles. The molecule has 0 radical (unpaired) electrons. The van der Waals surface area contributed by atoms with Gasteiger partial charge < -0.3 is 9.97 Å².